The van der Waals surface area contributed by atoms with Crippen LogP contribution in [-0.2, 0) is 9.59 Å². The Hall–Kier alpha value is -2.93. The number of amides is 2. The van der Waals surface area contributed by atoms with Crippen molar-refractivity contribution in [3.8, 4) is 0 Å². The molecule has 1 saturated heterocycles. The molecule has 2 aliphatic rings. The van der Waals surface area contributed by atoms with Crippen LogP contribution in [0.3, 0.4) is 0 Å². The van der Waals surface area contributed by atoms with Gasteiger partial charge >= 0.3 is 0 Å². The number of benzene rings is 1. The highest BCUT2D eigenvalue weighted by atomic mass is 16.3. The van der Waals surface area contributed by atoms with E-state index in [1.165, 1.54) is 10.6 Å². The molecule has 1 aromatic carbocycles. The number of quaternary nitrogens is 1. The molecular formula is C20H23N4O3+. The first kappa shape index (κ1) is 17.5. The first-order valence-corrected chi connectivity index (χ1v) is 9.20. The number of rotatable bonds is 4. The number of hydrogen-bond acceptors (Lipinski definition) is 4. The van der Waals surface area contributed by atoms with Crippen LogP contribution in [0, 0.1) is 6.92 Å². The lowest BCUT2D eigenvalue weighted by Gasteiger charge is -2.26. The fourth-order valence-corrected chi connectivity index (χ4v) is 3.57. The third-order valence-corrected chi connectivity index (χ3v) is 5.03. The Balaban J connectivity index is 1.56. The summed E-state index contributed by atoms with van der Waals surface area (Å²) in [6.45, 7) is 3.94. The molecule has 7 nitrogen and oxygen atoms in total. The summed E-state index contributed by atoms with van der Waals surface area (Å²) in [6.07, 6.45) is 2.22. The lowest BCUT2D eigenvalue weighted by atomic mass is 10.0. The molecule has 1 unspecified atom stereocenters. The number of aryl methyl sites for hydroxylation is 1. The van der Waals surface area contributed by atoms with Gasteiger partial charge in [0.25, 0.3) is 11.8 Å². The van der Waals surface area contributed by atoms with Crippen molar-refractivity contribution in [1.82, 2.24) is 10.3 Å². The minimum atomic E-state index is -0.248. The maximum Gasteiger partial charge on any atom is 0.298 e. The summed E-state index contributed by atoms with van der Waals surface area (Å²) in [6, 6.07) is 11.6. The van der Waals surface area contributed by atoms with Gasteiger partial charge in [-0.3, -0.25) is 9.59 Å². The van der Waals surface area contributed by atoms with Gasteiger partial charge in [-0.25, -0.2) is 5.01 Å². The van der Waals surface area contributed by atoms with Gasteiger partial charge in [-0.1, -0.05) is 29.8 Å². The highest BCUT2D eigenvalue weighted by Crippen LogP contribution is 2.32. The summed E-state index contributed by atoms with van der Waals surface area (Å²) in [5.41, 5.74) is 3.06. The predicted molar refractivity (Wildman–Crippen MR) is 99.2 cm³/mol. The molecule has 2 atom stereocenters. The summed E-state index contributed by atoms with van der Waals surface area (Å²) < 4.78 is 5.57. The van der Waals surface area contributed by atoms with Crippen molar-refractivity contribution in [2.75, 3.05) is 26.2 Å². The topological polar surface area (TPSA) is 79.4 Å². The standard InChI is InChI=1S/C20H22N4O3/c1-14-4-6-15(7-5-14)16-11-17(18-3-2-10-27-18)24(22-16)20(26)13-23-9-8-21-19(25)12-23/h2-7,10,17H,8-9,11-13H2,1H3,(H,21,25)/p+1/t17-/m0/s1. The Morgan fingerprint density at radius 1 is 1.33 bits per heavy atom. The average molecular weight is 367 g/mol. The second kappa shape index (κ2) is 7.36. The molecule has 2 aliphatic heterocycles. The Bertz CT molecular complexity index is 858. The average Bonchev–Trinajstić information content (AvgIpc) is 3.32. The number of furan rings is 1. The molecule has 140 valence electrons. The van der Waals surface area contributed by atoms with Crippen LogP contribution < -0.4 is 10.2 Å². The van der Waals surface area contributed by atoms with Crippen LogP contribution in [0.1, 0.15) is 29.3 Å². The summed E-state index contributed by atoms with van der Waals surface area (Å²) >= 11 is 0. The van der Waals surface area contributed by atoms with Crippen LogP contribution in [0.2, 0.25) is 0 Å². The van der Waals surface area contributed by atoms with E-state index in [1.807, 2.05) is 43.3 Å². The molecular weight excluding hydrogens is 344 g/mol. The van der Waals surface area contributed by atoms with E-state index in [1.54, 1.807) is 6.26 Å². The van der Waals surface area contributed by atoms with Gasteiger partial charge in [0.1, 0.15) is 11.8 Å². The van der Waals surface area contributed by atoms with Gasteiger partial charge in [0.05, 0.1) is 25.1 Å². The van der Waals surface area contributed by atoms with Gasteiger partial charge in [0.2, 0.25) is 0 Å². The second-order valence-electron chi connectivity index (χ2n) is 7.09. The zero-order valence-corrected chi connectivity index (χ0v) is 15.3. The zero-order valence-electron chi connectivity index (χ0n) is 15.3. The van der Waals surface area contributed by atoms with Gasteiger partial charge in [0, 0.05) is 6.42 Å². The van der Waals surface area contributed by atoms with Gasteiger partial charge in [-0.15, -0.1) is 0 Å². The zero-order chi connectivity index (χ0) is 18.8. The summed E-state index contributed by atoms with van der Waals surface area (Å²) in [5.74, 6) is 0.612. The predicted octanol–water partition coefficient (Wildman–Crippen LogP) is 0.280. The minimum Gasteiger partial charge on any atom is -0.467 e. The SMILES string of the molecule is Cc1ccc(C2=NN(C(=O)C[NH+]3CCNC(=O)C3)[C@H](c3ccco3)C2)cc1. The molecule has 2 N–H and O–H groups in total. The van der Waals surface area contributed by atoms with Gasteiger partial charge in [0.15, 0.2) is 13.1 Å². The van der Waals surface area contributed by atoms with E-state index in [2.05, 4.69) is 10.4 Å². The number of hydrazone groups is 1. The number of carbonyl (C=O) groups is 2. The third kappa shape index (κ3) is 3.78. The maximum absolute atomic E-state index is 13.0. The molecule has 27 heavy (non-hydrogen) atoms. The highest BCUT2D eigenvalue weighted by molar-refractivity contribution is 6.03. The lowest BCUT2D eigenvalue weighted by Crippen LogP contribution is -3.16. The molecule has 2 amide bonds. The highest BCUT2D eigenvalue weighted by Gasteiger charge is 2.36. The van der Waals surface area contributed by atoms with Crippen molar-refractivity contribution in [2.24, 2.45) is 5.10 Å². The van der Waals surface area contributed by atoms with Crippen molar-refractivity contribution in [3.05, 3.63) is 59.5 Å². The molecule has 7 heteroatoms. The van der Waals surface area contributed by atoms with Crippen LogP contribution >= 0.6 is 0 Å². The Labute approximate surface area is 157 Å². The summed E-state index contributed by atoms with van der Waals surface area (Å²) in [5, 5.41) is 8.96. The van der Waals surface area contributed by atoms with E-state index >= 15 is 0 Å². The van der Waals surface area contributed by atoms with Crippen LogP contribution in [-0.4, -0.2) is 48.7 Å². The maximum atomic E-state index is 13.0. The fourth-order valence-electron chi connectivity index (χ4n) is 3.57. The smallest absolute Gasteiger partial charge is 0.298 e. The molecule has 1 aromatic heterocycles. The van der Waals surface area contributed by atoms with E-state index in [0.717, 1.165) is 28.5 Å². The van der Waals surface area contributed by atoms with Crippen molar-refractivity contribution >= 4 is 17.5 Å². The van der Waals surface area contributed by atoms with Crippen LogP contribution in [0.4, 0.5) is 0 Å². The first-order chi connectivity index (χ1) is 13.1. The Morgan fingerprint density at radius 3 is 2.85 bits per heavy atom. The minimum absolute atomic E-state index is 0.0168. The molecule has 0 aliphatic carbocycles. The van der Waals surface area contributed by atoms with Gasteiger partial charge in [-0.2, -0.15) is 5.10 Å². The number of carbonyl (C=O) groups excluding carboxylic acids is 2. The van der Waals surface area contributed by atoms with E-state index < -0.39 is 0 Å². The van der Waals surface area contributed by atoms with E-state index in [0.29, 0.717) is 19.5 Å². The van der Waals surface area contributed by atoms with Gasteiger partial charge < -0.3 is 14.6 Å². The molecule has 0 radical (unpaired) electrons. The van der Waals surface area contributed by atoms with E-state index in [9.17, 15) is 9.59 Å². The quantitative estimate of drug-likeness (QED) is 0.815. The number of piperazine rings is 1. The van der Waals surface area contributed by atoms with Crippen LogP contribution in [0.15, 0.2) is 52.2 Å². The number of nitrogens with zero attached hydrogens (tertiary/aromatic N) is 2. The molecule has 2 aromatic rings. The van der Waals surface area contributed by atoms with Crippen molar-refractivity contribution in [1.29, 1.82) is 0 Å². The third-order valence-electron chi connectivity index (χ3n) is 5.03. The molecule has 0 bridgehead atoms. The number of nitrogens with one attached hydrogen (secondary N) is 2. The summed E-state index contributed by atoms with van der Waals surface area (Å²) in [7, 11) is 0. The summed E-state index contributed by atoms with van der Waals surface area (Å²) in [4.78, 5) is 25.5. The fraction of sp³-hybridized carbons (Fsp3) is 0.350. The largest absolute Gasteiger partial charge is 0.467 e. The van der Waals surface area contributed by atoms with Crippen molar-refractivity contribution in [3.63, 3.8) is 0 Å². The molecule has 4 rings (SSSR count). The molecule has 0 spiro atoms. The first-order valence-electron chi connectivity index (χ1n) is 9.20. The Kier molecular flexibility index (Phi) is 4.77. The monoisotopic (exact) mass is 367 g/mol. The van der Waals surface area contributed by atoms with E-state index in [-0.39, 0.29) is 24.4 Å². The van der Waals surface area contributed by atoms with Crippen LogP contribution in [0.25, 0.3) is 0 Å². The Morgan fingerprint density at radius 2 is 2.15 bits per heavy atom. The normalized spacial score (nSPS) is 22.5. The van der Waals surface area contributed by atoms with Crippen LogP contribution in [0.5, 0.6) is 0 Å². The van der Waals surface area contributed by atoms with Crippen molar-refractivity contribution in [2.45, 2.75) is 19.4 Å². The molecule has 1 fully saturated rings. The molecule has 3 heterocycles. The van der Waals surface area contributed by atoms with E-state index in [4.69, 9.17) is 4.42 Å². The van der Waals surface area contributed by atoms with Crippen molar-refractivity contribution < 1.29 is 18.9 Å². The second-order valence-corrected chi connectivity index (χ2v) is 7.09. The molecule has 0 saturated carbocycles. The lowest BCUT2D eigenvalue weighted by molar-refractivity contribution is -0.885. The van der Waals surface area contributed by atoms with Gasteiger partial charge in [-0.05, 0) is 24.6 Å². The number of hydrogen-bond donors (Lipinski definition) is 2.